The summed E-state index contributed by atoms with van der Waals surface area (Å²) in [5.41, 5.74) is 2.31. The molecule has 0 fully saturated rings. The van der Waals surface area contributed by atoms with Crippen LogP contribution >= 0.6 is 23.2 Å². The van der Waals surface area contributed by atoms with Gasteiger partial charge in [0, 0.05) is 10.9 Å². The molecule has 0 radical (unpaired) electrons. The first-order valence-electron chi connectivity index (χ1n) is 12.3. The average molecular weight is 570 g/mol. The number of fused-ring (bicyclic) bond motifs is 2. The van der Waals surface area contributed by atoms with E-state index in [4.69, 9.17) is 42.1 Å². The fraction of sp³-hybridized carbons (Fsp3) is 0.0645. The molecule has 2 heterocycles. The van der Waals surface area contributed by atoms with E-state index in [1.54, 1.807) is 43.5 Å². The molecule has 6 aromatic rings. The largest absolute Gasteiger partial charge is 0.493 e. The minimum absolute atomic E-state index is 0.208. The molecular formula is C31H21Cl2N3O4. The molecule has 40 heavy (non-hydrogen) atoms. The molecule has 0 aliphatic carbocycles. The molecule has 9 heteroatoms. The highest BCUT2D eigenvalue weighted by molar-refractivity contribution is 6.42. The van der Waals surface area contributed by atoms with Crippen LogP contribution in [0.15, 0.2) is 105 Å². The molecule has 6 rings (SSSR count). The Morgan fingerprint density at radius 3 is 2.60 bits per heavy atom. The highest BCUT2D eigenvalue weighted by Crippen LogP contribution is 2.32. The molecule has 0 saturated heterocycles. The van der Waals surface area contributed by atoms with Crippen molar-refractivity contribution in [3.63, 3.8) is 0 Å². The summed E-state index contributed by atoms with van der Waals surface area (Å²) in [4.78, 5) is 18.4. The van der Waals surface area contributed by atoms with E-state index in [0.29, 0.717) is 49.4 Å². The van der Waals surface area contributed by atoms with E-state index >= 15 is 0 Å². The summed E-state index contributed by atoms with van der Waals surface area (Å²) in [6.45, 7) is 0.208. The van der Waals surface area contributed by atoms with Crippen molar-refractivity contribution in [2.24, 2.45) is 5.10 Å². The standard InChI is InChI=1S/C31H21Cl2N3O4/c1-38-27-12-6-8-21(29(27)39-18-19-13-14-23(32)24(33)15-19)17-34-36-30(28-16-20-7-2-5-11-26(20)40-28)35-25-10-4-3-9-22(25)31(36)37/h2-17H,18H2,1H3. The van der Waals surface area contributed by atoms with Crippen molar-refractivity contribution in [2.75, 3.05) is 7.11 Å². The zero-order valence-electron chi connectivity index (χ0n) is 21.2. The van der Waals surface area contributed by atoms with Crippen molar-refractivity contribution in [3.8, 4) is 23.1 Å². The summed E-state index contributed by atoms with van der Waals surface area (Å²) in [7, 11) is 1.56. The lowest BCUT2D eigenvalue weighted by Gasteiger charge is -2.14. The Morgan fingerprint density at radius 1 is 0.950 bits per heavy atom. The number of methoxy groups -OCH3 is 1. The third kappa shape index (κ3) is 4.93. The number of rotatable bonds is 7. The molecular weight excluding hydrogens is 549 g/mol. The molecule has 0 aliphatic heterocycles. The minimum Gasteiger partial charge on any atom is -0.493 e. The van der Waals surface area contributed by atoms with Gasteiger partial charge in [-0.2, -0.15) is 9.78 Å². The highest BCUT2D eigenvalue weighted by atomic mass is 35.5. The molecule has 0 amide bonds. The van der Waals surface area contributed by atoms with Crippen LogP contribution in [0.25, 0.3) is 33.5 Å². The molecule has 0 spiro atoms. The van der Waals surface area contributed by atoms with Gasteiger partial charge in [0.15, 0.2) is 17.3 Å². The number of nitrogens with zero attached hydrogens (tertiary/aromatic N) is 3. The number of para-hydroxylation sites is 3. The van der Waals surface area contributed by atoms with Gasteiger partial charge < -0.3 is 13.9 Å². The van der Waals surface area contributed by atoms with E-state index in [-0.39, 0.29) is 18.0 Å². The Morgan fingerprint density at radius 2 is 1.77 bits per heavy atom. The second-order valence-electron chi connectivity index (χ2n) is 8.88. The van der Waals surface area contributed by atoms with E-state index < -0.39 is 0 Å². The van der Waals surface area contributed by atoms with Gasteiger partial charge in [0.2, 0.25) is 5.82 Å². The summed E-state index contributed by atoms with van der Waals surface area (Å²) in [5.74, 6) is 1.65. The molecule has 198 valence electrons. The van der Waals surface area contributed by atoms with Crippen LogP contribution in [0.2, 0.25) is 10.0 Å². The number of hydrogen-bond acceptors (Lipinski definition) is 6. The van der Waals surface area contributed by atoms with Gasteiger partial charge in [-0.25, -0.2) is 4.98 Å². The zero-order valence-corrected chi connectivity index (χ0v) is 22.7. The molecule has 4 aromatic carbocycles. The smallest absolute Gasteiger partial charge is 0.282 e. The van der Waals surface area contributed by atoms with Gasteiger partial charge in [0.1, 0.15) is 12.2 Å². The second kappa shape index (κ2) is 10.9. The van der Waals surface area contributed by atoms with Crippen LogP contribution in [-0.2, 0) is 6.61 Å². The number of hydrogen-bond donors (Lipinski definition) is 0. The fourth-order valence-corrected chi connectivity index (χ4v) is 4.66. The van der Waals surface area contributed by atoms with Gasteiger partial charge in [0.05, 0.1) is 34.3 Å². The first-order valence-corrected chi connectivity index (χ1v) is 13.1. The van der Waals surface area contributed by atoms with Crippen LogP contribution in [-0.4, -0.2) is 23.0 Å². The molecule has 2 aromatic heterocycles. The topological polar surface area (TPSA) is 78.9 Å². The molecule has 0 unspecified atom stereocenters. The van der Waals surface area contributed by atoms with E-state index in [2.05, 4.69) is 5.10 Å². The molecule has 0 saturated carbocycles. The highest BCUT2D eigenvalue weighted by Gasteiger charge is 2.17. The summed E-state index contributed by atoms with van der Waals surface area (Å²) < 4.78 is 19.0. The Kier molecular flexibility index (Phi) is 6.99. The zero-order chi connectivity index (χ0) is 27.6. The van der Waals surface area contributed by atoms with Gasteiger partial charge in [-0.15, -0.1) is 0 Å². The van der Waals surface area contributed by atoms with Crippen molar-refractivity contribution in [2.45, 2.75) is 6.61 Å². The third-order valence-corrected chi connectivity index (χ3v) is 7.05. The summed E-state index contributed by atoms with van der Waals surface area (Å²) in [5, 5.41) is 6.79. The quantitative estimate of drug-likeness (QED) is 0.185. The molecule has 0 N–H and O–H groups in total. The van der Waals surface area contributed by atoms with Gasteiger partial charge in [-0.3, -0.25) is 4.79 Å². The van der Waals surface area contributed by atoms with E-state index in [0.717, 1.165) is 10.9 Å². The first-order chi connectivity index (χ1) is 19.5. The minimum atomic E-state index is -0.335. The maximum absolute atomic E-state index is 13.6. The maximum Gasteiger partial charge on any atom is 0.282 e. The second-order valence-corrected chi connectivity index (χ2v) is 9.69. The SMILES string of the molecule is COc1cccc(C=Nn2c(-c3cc4ccccc4o3)nc3ccccc3c2=O)c1OCc1ccc(Cl)c(Cl)c1. The normalized spacial score (nSPS) is 11.5. The summed E-state index contributed by atoms with van der Waals surface area (Å²) >= 11 is 12.2. The van der Waals surface area contributed by atoms with Crippen LogP contribution < -0.4 is 15.0 Å². The number of furan rings is 1. The Bertz CT molecular complexity index is 1930. The third-order valence-electron chi connectivity index (χ3n) is 6.31. The number of aromatic nitrogens is 2. The van der Waals surface area contributed by atoms with Crippen molar-refractivity contribution in [1.82, 2.24) is 9.66 Å². The van der Waals surface area contributed by atoms with E-state index in [1.165, 1.54) is 10.9 Å². The van der Waals surface area contributed by atoms with E-state index in [9.17, 15) is 4.79 Å². The Balaban J connectivity index is 1.44. The monoisotopic (exact) mass is 569 g/mol. The number of ether oxygens (including phenoxy) is 2. The van der Waals surface area contributed by atoms with Crippen molar-refractivity contribution in [1.29, 1.82) is 0 Å². The first kappa shape index (κ1) is 25.7. The molecule has 0 bridgehead atoms. The fourth-order valence-electron chi connectivity index (χ4n) is 4.34. The van der Waals surface area contributed by atoms with Crippen molar-refractivity contribution < 1.29 is 13.9 Å². The van der Waals surface area contributed by atoms with Crippen LogP contribution in [0, 0.1) is 0 Å². The predicted molar refractivity (Wildman–Crippen MR) is 158 cm³/mol. The van der Waals surface area contributed by atoms with Gasteiger partial charge in [-0.1, -0.05) is 65.7 Å². The lowest BCUT2D eigenvalue weighted by molar-refractivity contribution is 0.284. The lowest BCUT2D eigenvalue weighted by Crippen LogP contribution is -2.20. The van der Waals surface area contributed by atoms with Gasteiger partial charge in [-0.05, 0) is 54.1 Å². The lowest BCUT2D eigenvalue weighted by atomic mass is 10.2. The van der Waals surface area contributed by atoms with Crippen LogP contribution in [0.5, 0.6) is 11.5 Å². The van der Waals surface area contributed by atoms with Gasteiger partial charge in [0.25, 0.3) is 5.56 Å². The molecule has 7 nitrogen and oxygen atoms in total. The van der Waals surface area contributed by atoms with Crippen molar-refractivity contribution >= 4 is 51.3 Å². The average Bonchev–Trinajstić information content (AvgIpc) is 3.41. The van der Waals surface area contributed by atoms with E-state index in [1.807, 2.05) is 54.6 Å². The van der Waals surface area contributed by atoms with Gasteiger partial charge >= 0.3 is 0 Å². The van der Waals surface area contributed by atoms with Crippen LogP contribution in [0.3, 0.4) is 0 Å². The van der Waals surface area contributed by atoms with Crippen LogP contribution in [0.1, 0.15) is 11.1 Å². The summed E-state index contributed by atoms with van der Waals surface area (Å²) in [6.07, 6.45) is 1.54. The Labute approximate surface area is 238 Å². The molecule has 0 aliphatic rings. The maximum atomic E-state index is 13.6. The molecule has 0 atom stereocenters. The number of benzene rings is 4. The Hall–Kier alpha value is -4.59. The predicted octanol–water partition coefficient (Wildman–Crippen LogP) is 7.59. The van der Waals surface area contributed by atoms with Crippen LogP contribution in [0.4, 0.5) is 0 Å². The van der Waals surface area contributed by atoms with Crippen molar-refractivity contribution in [3.05, 3.63) is 123 Å². The summed E-state index contributed by atoms with van der Waals surface area (Å²) in [6, 6.07) is 27.3. The number of halogens is 2.